The number of carbonyl (C=O) groups is 3. The maximum Gasteiger partial charge on any atom is 0.362 e. The zero-order valence-corrected chi connectivity index (χ0v) is 42.4. The minimum atomic E-state index is -0.880. The van der Waals surface area contributed by atoms with E-state index < -0.39 is 18.1 Å². The maximum atomic E-state index is 12.8. The first kappa shape index (κ1) is 61.5. The zero-order chi connectivity index (χ0) is 47.7. The molecule has 0 aromatic rings. The highest BCUT2D eigenvalue weighted by atomic mass is 16.6. The standard InChI is InChI=1S/C57H97NO7/c1-6-8-10-12-14-16-18-20-22-24-26-27-28-30-32-34-36-38-40-42-44-46-48-56(60)65-53(51-63-50-49-54(57(61)62)58(3,4)5)52-64-55(59)47-45-43-41-39-37-35-33-31-29-25-23-21-19-17-15-13-11-9-7-2/h9,11,14-17,20-23,26-27,29,31,53-54H,6-8,10,12-13,18-19,24-25,28,30,32-52H2,1-5H3/p+1/b11-9+,16-14+,17-15+,22-20+,23-21+,27-26+,31-29+. The lowest BCUT2D eigenvalue weighted by Crippen LogP contribution is -2.50. The van der Waals surface area contributed by atoms with Gasteiger partial charge in [0, 0.05) is 19.3 Å². The summed E-state index contributed by atoms with van der Waals surface area (Å²) in [6.07, 6.45) is 62.0. The van der Waals surface area contributed by atoms with Crippen molar-refractivity contribution < 1.29 is 38.2 Å². The molecule has 372 valence electrons. The van der Waals surface area contributed by atoms with Crippen LogP contribution in [0.2, 0.25) is 0 Å². The number of unbranched alkanes of at least 4 members (excludes halogenated alkanes) is 18. The van der Waals surface area contributed by atoms with Crippen molar-refractivity contribution in [2.45, 2.75) is 219 Å². The number of carboxylic acids is 1. The molecule has 2 atom stereocenters. The number of likely N-dealkylation sites (N-methyl/N-ethyl adjacent to an activating group) is 1. The van der Waals surface area contributed by atoms with E-state index in [0.29, 0.717) is 19.3 Å². The molecule has 0 fully saturated rings. The van der Waals surface area contributed by atoms with E-state index in [-0.39, 0.29) is 36.2 Å². The Hall–Kier alpha value is -3.49. The number of carboxylic acid groups (broad SMARTS) is 1. The lowest BCUT2D eigenvalue weighted by molar-refractivity contribution is -0.887. The van der Waals surface area contributed by atoms with Gasteiger partial charge in [-0.15, -0.1) is 0 Å². The van der Waals surface area contributed by atoms with Crippen molar-refractivity contribution in [3.05, 3.63) is 85.1 Å². The highest BCUT2D eigenvalue weighted by Gasteiger charge is 2.31. The number of hydrogen-bond acceptors (Lipinski definition) is 6. The van der Waals surface area contributed by atoms with Gasteiger partial charge in [0.25, 0.3) is 0 Å². The molecule has 65 heavy (non-hydrogen) atoms. The third kappa shape index (κ3) is 45.5. The molecule has 0 bridgehead atoms. The molecule has 0 radical (unpaired) electrons. The third-order valence-electron chi connectivity index (χ3n) is 11.3. The third-order valence-corrected chi connectivity index (χ3v) is 11.3. The number of quaternary nitrogens is 1. The molecule has 0 aliphatic rings. The van der Waals surface area contributed by atoms with Crippen LogP contribution in [0.15, 0.2) is 85.1 Å². The Morgan fingerprint density at radius 2 is 0.862 bits per heavy atom. The molecule has 0 aromatic carbocycles. The van der Waals surface area contributed by atoms with Crippen molar-refractivity contribution >= 4 is 17.9 Å². The molecular weight excluding hydrogens is 811 g/mol. The molecule has 0 aliphatic heterocycles. The van der Waals surface area contributed by atoms with Crippen molar-refractivity contribution in [1.29, 1.82) is 0 Å². The number of aliphatic carboxylic acids is 1. The predicted molar refractivity (Wildman–Crippen MR) is 275 cm³/mol. The van der Waals surface area contributed by atoms with Crippen LogP contribution in [0.1, 0.15) is 206 Å². The molecule has 0 spiro atoms. The number of carbonyl (C=O) groups excluding carboxylic acids is 2. The summed E-state index contributed by atoms with van der Waals surface area (Å²) in [6, 6.07) is -0.623. The Morgan fingerprint density at radius 1 is 0.477 bits per heavy atom. The molecule has 0 amide bonds. The van der Waals surface area contributed by atoms with Crippen LogP contribution in [0.3, 0.4) is 0 Å². The Labute approximate surface area is 399 Å². The summed E-state index contributed by atoms with van der Waals surface area (Å²) < 4.78 is 17.3. The van der Waals surface area contributed by atoms with Crippen LogP contribution in [0, 0.1) is 0 Å². The van der Waals surface area contributed by atoms with Gasteiger partial charge in [-0.25, -0.2) is 4.79 Å². The van der Waals surface area contributed by atoms with Gasteiger partial charge < -0.3 is 23.8 Å². The first-order valence-corrected chi connectivity index (χ1v) is 26.1. The summed E-state index contributed by atoms with van der Waals surface area (Å²) in [6.45, 7) is 4.58. The van der Waals surface area contributed by atoms with Gasteiger partial charge in [-0.1, -0.05) is 182 Å². The molecule has 0 saturated heterocycles. The SMILES string of the molecule is CC/C=C/C/C=C/C/C=C/C/C=C/CCCCCCCCC(=O)OCC(COCCC(C(=O)O)[N+](C)(C)C)OC(=O)CCCCCCCCCCC/C=C/C/C=C/C/C=C/CCCCC. The van der Waals surface area contributed by atoms with E-state index in [1.165, 1.54) is 77.0 Å². The second-order valence-electron chi connectivity index (χ2n) is 18.4. The first-order chi connectivity index (χ1) is 31.6. The summed E-state index contributed by atoms with van der Waals surface area (Å²) >= 11 is 0. The van der Waals surface area contributed by atoms with Gasteiger partial charge >= 0.3 is 17.9 Å². The summed E-state index contributed by atoms with van der Waals surface area (Å²) in [5, 5.41) is 9.66. The Bertz CT molecular complexity index is 1330. The molecular formula is C57H98NO7+. The summed E-state index contributed by atoms with van der Waals surface area (Å²) in [7, 11) is 5.52. The number of hydrogen-bond donors (Lipinski definition) is 1. The number of nitrogens with zero attached hydrogens (tertiary/aromatic N) is 1. The molecule has 2 unspecified atom stereocenters. The topological polar surface area (TPSA) is 99.1 Å². The predicted octanol–water partition coefficient (Wildman–Crippen LogP) is 15.3. The largest absolute Gasteiger partial charge is 0.477 e. The molecule has 1 N–H and O–H groups in total. The lowest BCUT2D eigenvalue weighted by Gasteiger charge is -2.31. The Kier molecular flexibility index (Phi) is 44.5. The molecule has 0 rings (SSSR count). The van der Waals surface area contributed by atoms with Gasteiger partial charge in [0.2, 0.25) is 0 Å². The van der Waals surface area contributed by atoms with Gasteiger partial charge in [0.1, 0.15) is 6.61 Å². The minimum Gasteiger partial charge on any atom is -0.477 e. The van der Waals surface area contributed by atoms with Crippen molar-refractivity contribution in [1.82, 2.24) is 0 Å². The average molecular weight is 909 g/mol. The quantitative estimate of drug-likeness (QED) is 0.0281. The van der Waals surface area contributed by atoms with E-state index in [9.17, 15) is 19.5 Å². The van der Waals surface area contributed by atoms with Gasteiger partial charge in [-0.2, -0.15) is 0 Å². The van der Waals surface area contributed by atoms with Crippen molar-refractivity contribution in [2.24, 2.45) is 0 Å². The zero-order valence-electron chi connectivity index (χ0n) is 42.4. The summed E-state index contributed by atoms with van der Waals surface area (Å²) in [5.74, 6) is -1.50. The minimum absolute atomic E-state index is 0.0500. The van der Waals surface area contributed by atoms with E-state index in [4.69, 9.17) is 14.2 Å². The fraction of sp³-hybridized carbons (Fsp3) is 0.702. The maximum absolute atomic E-state index is 12.8. The Balaban J connectivity index is 4.29. The lowest BCUT2D eigenvalue weighted by atomic mass is 10.1. The van der Waals surface area contributed by atoms with Crippen LogP contribution in [0.25, 0.3) is 0 Å². The molecule has 8 nitrogen and oxygen atoms in total. The second kappa shape index (κ2) is 47.0. The van der Waals surface area contributed by atoms with E-state index in [2.05, 4.69) is 98.9 Å². The highest BCUT2D eigenvalue weighted by molar-refractivity contribution is 5.72. The fourth-order valence-corrected chi connectivity index (χ4v) is 7.27. The van der Waals surface area contributed by atoms with E-state index in [0.717, 1.165) is 96.3 Å². The molecule has 0 heterocycles. The molecule has 0 aromatic heterocycles. The Morgan fingerprint density at radius 3 is 1.28 bits per heavy atom. The summed E-state index contributed by atoms with van der Waals surface area (Å²) in [5.41, 5.74) is 0. The normalized spacial score (nSPS) is 13.6. The van der Waals surface area contributed by atoms with Gasteiger partial charge in [-0.3, -0.25) is 9.59 Å². The van der Waals surface area contributed by atoms with Gasteiger partial charge in [0.05, 0.1) is 34.4 Å². The van der Waals surface area contributed by atoms with Gasteiger partial charge in [-0.05, 0) is 89.9 Å². The van der Waals surface area contributed by atoms with Crippen molar-refractivity contribution in [3.8, 4) is 0 Å². The number of ether oxygens (including phenoxy) is 3. The van der Waals surface area contributed by atoms with E-state index in [1.807, 2.05) is 21.1 Å². The van der Waals surface area contributed by atoms with Crippen LogP contribution in [0.5, 0.6) is 0 Å². The highest BCUT2D eigenvalue weighted by Crippen LogP contribution is 2.14. The smallest absolute Gasteiger partial charge is 0.362 e. The van der Waals surface area contributed by atoms with Crippen LogP contribution in [-0.2, 0) is 28.6 Å². The first-order valence-electron chi connectivity index (χ1n) is 26.1. The van der Waals surface area contributed by atoms with E-state index >= 15 is 0 Å². The van der Waals surface area contributed by atoms with Crippen LogP contribution >= 0.6 is 0 Å². The van der Waals surface area contributed by atoms with Crippen LogP contribution in [0.4, 0.5) is 0 Å². The van der Waals surface area contributed by atoms with E-state index in [1.54, 1.807) is 0 Å². The molecule has 0 saturated carbocycles. The monoisotopic (exact) mass is 909 g/mol. The van der Waals surface area contributed by atoms with Crippen molar-refractivity contribution in [2.75, 3.05) is 41.0 Å². The summed E-state index contributed by atoms with van der Waals surface area (Å²) in [4.78, 5) is 37.2. The van der Waals surface area contributed by atoms with Crippen LogP contribution < -0.4 is 0 Å². The number of esters is 2. The van der Waals surface area contributed by atoms with Crippen LogP contribution in [-0.4, -0.2) is 80.6 Å². The number of allylic oxidation sites excluding steroid dienone is 14. The average Bonchev–Trinajstić information content (AvgIpc) is 3.27. The second-order valence-corrected chi connectivity index (χ2v) is 18.4. The number of rotatable bonds is 46. The molecule has 0 aliphatic carbocycles. The van der Waals surface area contributed by atoms with Crippen molar-refractivity contribution in [3.63, 3.8) is 0 Å². The fourth-order valence-electron chi connectivity index (χ4n) is 7.27. The van der Waals surface area contributed by atoms with Gasteiger partial charge in [0.15, 0.2) is 12.1 Å². The molecule has 8 heteroatoms.